The molecule has 3 aromatic rings. The molecule has 0 saturated carbocycles. The second kappa shape index (κ2) is 9.78. The molecule has 2 heterocycles. The molecule has 1 unspecified atom stereocenters. The van der Waals surface area contributed by atoms with Crippen LogP contribution in [-0.2, 0) is 15.0 Å². The van der Waals surface area contributed by atoms with Crippen molar-refractivity contribution >= 4 is 34.7 Å². The van der Waals surface area contributed by atoms with Gasteiger partial charge >= 0.3 is 0 Å². The maximum Gasteiger partial charge on any atom is 0.300 e. The van der Waals surface area contributed by atoms with Gasteiger partial charge in [0, 0.05) is 28.0 Å². The van der Waals surface area contributed by atoms with Crippen molar-refractivity contribution in [1.82, 2.24) is 4.98 Å². The van der Waals surface area contributed by atoms with Crippen LogP contribution in [0.1, 0.15) is 56.1 Å². The van der Waals surface area contributed by atoms with Crippen LogP contribution in [0.3, 0.4) is 0 Å². The van der Waals surface area contributed by atoms with Crippen LogP contribution < -0.4 is 9.64 Å². The molecule has 1 atom stereocenters. The Labute approximate surface area is 216 Å². The van der Waals surface area contributed by atoms with Crippen LogP contribution in [0.25, 0.3) is 5.76 Å². The molecule has 2 aromatic carbocycles. The summed E-state index contributed by atoms with van der Waals surface area (Å²) < 4.78 is 5.80. The lowest BCUT2D eigenvalue weighted by Gasteiger charge is -2.26. The first-order chi connectivity index (χ1) is 17.0. The normalized spacial score (nSPS) is 17.5. The highest BCUT2D eigenvalue weighted by Crippen LogP contribution is 2.44. The monoisotopic (exact) mass is 504 g/mol. The first-order valence-corrected chi connectivity index (χ1v) is 12.2. The number of hydrogen-bond donors (Lipinski definition) is 1. The molecule has 0 aliphatic carbocycles. The SMILES string of the molecule is CCOc1ccc(/C(O)=C2/C(=O)C(=O)N(c3cc(Cl)ccc3C)C2c2ccccn2)cc1C(C)(C)C. The number of aliphatic hydroxyl groups excluding tert-OH is 1. The third-order valence-electron chi connectivity index (χ3n) is 6.20. The molecule has 1 N–H and O–H groups in total. The summed E-state index contributed by atoms with van der Waals surface area (Å²) in [6.45, 7) is 10.4. The molecular weight excluding hydrogens is 476 g/mol. The van der Waals surface area contributed by atoms with Gasteiger partial charge < -0.3 is 9.84 Å². The predicted molar refractivity (Wildman–Crippen MR) is 142 cm³/mol. The Balaban J connectivity index is 1.96. The van der Waals surface area contributed by atoms with Crippen molar-refractivity contribution in [2.75, 3.05) is 11.5 Å². The van der Waals surface area contributed by atoms with E-state index < -0.39 is 17.7 Å². The molecule has 1 aromatic heterocycles. The molecule has 0 spiro atoms. The molecule has 6 nitrogen and oxygen atoms in total. The van der Waals surface area contributed by atoms with Crippen molar-refractivity contribution in [3.8, 4) is 5.75 Å². The summed E-state index contributed by atoms with van der Waals surface area (Å²) in [6.07, 6.45) is 1.59. The summed E-state index contributed by atoms with van der Waals surface area (Å²) in [6, 6.07) is 14.8. The topological polar surface area (TPSA) is 79.7 Å². The number of rotatable bonds is 5. The van der Waals surface area contributed by atoms with Gasteiger partial charge in [0.2, 0.25) is 0 Å². The van der Waals surface area contributed by atoms with Crippen molar-refractivity contribution in [3.63, 3.8) is 0 Å². The van der Waals surface area contributed by atoms with Gasteiger partial charge in [-0.25, -0.2) is 0 Å². The first kappa shape index (κ1) is 25.5. The number of aliphatic hydroxyl groups is 1. The first-order valence-electron chi connectivity index (χ1n) is 11.8. The standard InChI is InChI=1S/C29H29ClN2O4/c1-6-36-23-13-11-18(15-20(23)29(3,4)5)26(33)24-25(21-9-7-8-14-31-21)32(28(35)27(24)34)22-16-19(30)12-10-17(22)2/h7-16,25,33H,6H2,1-5H3/b26-24-. The maximum absolute atomic E-state index is 13.4. The maximum atomic E-state index is 13.4. The van der Waals surface area contributed by atoms with E-state index in [4.69, 9.17) is 16.3 Å². The lowest BCUT2D eigenvalue weighted by Crippen LogP contribution is -2.30. The van der Waals surface area contributed by atoms with Gasteiger partial charge in [-0.15, -0.1) is 0 Å². The Morgan fingerprint density at radius 3 is 2.50 bits per heavy atom. The zero-order valence-electron chi connectivity index (χ0n) is 21.0. The fourth-order valence-electron chi connectivity index (χ4n) is 4.44. The van der Waals surface area contributed by atoms with Crippen LogP contribution in [0.5, 0.6) is 5.75 Å². The van der Waals surface area contributed by atoms with Crippen LogP contribution in [-0.4, -0.2) is 28.4 Å². The highest BCUT2D eigenvalue weighted by atomic mass is 35.5. The van der Waals surface area contributed by atoms with Gasteiger partial charge in [-0.2, -0.15) is 0 Å². The number of ketones is 1. The van der Waals surface area contributed by atoms with E-state index in [-0.39, 0.29) is 16.7 Å². The van der Waals surface area contributed by atoms with E-state index >= 15 is 0 Å². The minimum absolute atomic E-state index is 0.0258. The number of pyridine rings is 1. The zero-order valence-corrected chi connectivity index (χ0v) is 21.8. The number of Topliss-reactive ketones (excluding diaryl/α,β-unsaturated/α-hetero) is 1. The largest absolute Gasteiger partial charge is 0.507 e. The van der Waals surface area contributed by atoms with Crippen molar-refractivity contribution in [1.29, 1.82) is 0 Å². The van der Waals surface area contributed by atoms with Gasteiger partial charge in [-0.1, -0.05) is 44.5 Å². The van der Waals surface area contributed by atoms with Crippen molar-refractivity contribution in [2.45, 2.75) is 46.1 Å². The molecule has 0 radical (unpaired) electrons. The van der Waals surface area contributed by atoms with E-state index in [0.717, 1.165) is 11.1 Å². The van der Waals surface area contributed by atoms with E-state index in [1.54, 1.807) is 54.7 Å². The van der Waals surface area contributed by atoms with Crippen LogP contribution >= 0.6 is 11.6 Å². The van der Waals surface area contributed by atoms with E-state index in [1.165, 1.54) is 4.90 Å². The number of nitrogens with zero attached hydrogens (tertiary/aromatic N) is 2. The molecular formula is C29H29ClN2O4. The Morgan fingerprint density at radius 1 is 1.11 bits per heavy atom. The number of halogens is 1. The minimum Gasteiger partial charge on any atom is -0.507 e. The average Bonchev–Trinajstić information content (AvgIpc) is 3.11. The summed E-state index contributed by atoms with van der Waals surface area (Å²) in [5.41, 5.74) is 2.69. The van der Waals surface area contributed by atoms with E-state index in [1.807, 2.05) is 40.7 Å². The summed E-state index contributed by atoms with van der Waals surface area (Å²) in [5.74, 6) is -1.09. The molecule has 1 amide bonds. The van der Waals surface area contributed by atoms with Crippen LogP contribution in [0.15, 0.2) is 66.4 Å². The number of anilines is 1. The molecule has 1 fully saturated rings. The quantitative estimate of drug-likeness (QED) is 0.248. The molecule has 186 valence electrons. The third kappa shape index (κ3) is 4.61. The number of amides is 1. The van der Waals surface area contributed by atoms with E-state index in [0.29, 0.717) is 34.3 Å². The van der Waals surface area contributed by atoms with Gasteiger partial charge in [0.15, 0.2) is 0 Å². The van der Waals surface area contributed by atoms with Crippen LogP contribution in [0, 0.1) is 6.92 Å². The molecule has 1 aliphatic heterocycles. The van der Waals surface area contributed by atoms with Gasteiger partial charge in [-0.05, 0) is 67.3 Å². The number of hydrogen-bond acceptors (Lipinski definition) is 5. The van der Waals surface area contributed by atoms with Crippen molar-refractivity contribution in [3.05, 3.63) is 93.8 Å². The van der Waals surface area contributed by atoms with E-state index in [9.17, 15) is 14.7 Å². The lowest BCUT2D eigenvalue weighted by atomic mass is 9.84. The van der Waals surface area contributed by atoms with Crippen LogP contribution in [0.2, 0.25) is 5.02 Å². The molecule has 1 aliphatic rings. The summed E-state index contributed by atoms with van der Waals surface area (Å²) >= 11 is 6.26. The highest BCUT2D eigenvalue weighted by Gasteiger charge is 2.48. The van der Waals surface area contributed by atoms with Gasteiger partial charge in [0.05, 0.1) is 17.9 Å². The van der Waals surface area contributed by atoms with Gasteiger partial charge in [0.1, 0.15) is 17.6 Å². The zero-order chi connectivity index (χ0) is 26.2. The number of benzene rings is 2. The van der Waals surface area contributed by atoms with Crippen molar-refractivity contribution in [2.24, 2.45) is 0 Å². The van der Waals surface area contributed by atoms with Crippen LogP contribution in [0.4, 0.5) is 5.69 Å². The van der Waals surface area contributed by atoms with E-state index in [2.05, 4.69) is 4.98 Å². The number of carbonyl (C=O) groups is 2. The Kier molecular flexibility index (Phi) is 6.92. The lowest BCUT2D eigenvalue weighted by molar-refractivity contribution is -0.132. The molecule has 36 heavy (non-hydrogen) atoms. The summed E-state index contributed by atoms with van der Waals surface area (Å²) in [4.78, 5) is 32.7. The fraction of sp³-hybridized carbons (Fsp3) is 0.276. The number of aromatic nitrogens is 1. The third-order valence-corrected chi connectivity index (χ3v) is 6.44. The summed E-state index contributed by atoms with van der Waals surface area (Å²) in [5, 5.41) is 12.0. The summed E-state index contributed by atoms with van der Waals surface area (Å²) in [7, 11) is 0. The number of ether oxygens (including phenoxy) is 1. The Bertz CT molecular complexity index is 1360. The average molecular weight is 505 g/mol. The second-order valence-corrected chi connectivity index (χ2v) is 10.2. The smallest absolute Gasteiger partial charge is 0.300 e. The fourth-order valence-corrected chi connectivity index (χ4v) is 4.61. The minimum atomic E-state index is -0.923. The molecule has 7 heteroatoms. The Hall–Kier alpha value is -3.64. The molecule has 4 rings (SSSR count). The highest BCUT2D eigenvalue weighted by molar-refractivity contribution is 6.52. The van der Waals surface area contributed by atoms with Gasteiger partial charge in [-0.3, -0.25) is 19.5 Å². The van der Waals surface area contributed by atoms with Gasteiger partial charge in [0.25, 0.3) is 11.7 Å². The Morgan fingerprint density at radius 2 is 1.86 bits per heavy atom. The predicted octanol–water partition coefficient (Wildman–Crippen LogP) is 6.37. The molecule has 0 bridgehead atoms. The second-order valence-electron chi connectivity index (χ2n) is 9.75. The molecule has 1 saturated heterocycles. The van der Waals surface area contributed by atoms with Crippen molar-refractivity contribution < 1.29 is 19.4 Å². The number of aryl methyl sites for hydroxylation is 1. The number of carbonyl (C=O) groups excluding carboxylic acids is 2.